The van der Waals surface area contributed by atoms with Crippen molar-refractivity contribution in [3.05, 3.63) is 70.3 Å². The van der Waals surface area contributed by atoms with Crippen LogP contribution in [0.5, 0.6) is 11.5 Å². The number of piperidine rings is 1. The Bertz CT molecular complexity index is 1740. The maximum atomic E-state index is 15.8. The van der Waals surface area contributed by atoms with Crippen molar-refractivity contribution in [2.45, 2.75) is 31.7 Å². The molecule has 3 aliphatic heterocycles. The Morgan fingerprint density at radius 3 is 2.71 bits per heavy atom. The predicted molar refractivity (Wildman–Crippen MR) is 146 cm³/mol. The molecule has 1 atom stereocenters. The second-order valence-electron chi connectivity index (χ2n) is 10.2. The van der Waals surface area contributed by atoms with Crippen LogP contribution in [0.4, 0.5) is 10.1 Å². The molecule has 2 fully saturated rings. The number of carbonyl (C=O) groups excluding carboxylic acids is 1. The van der Waals surface area contributed by atoms with Gasteiger partial charge in [0.1, 0.15) is 22.6 Å². The number of aromatic nitrogens is 1. The van der Waals surface area contributed by atoms with Crippen molar-refractivity contribution < 1.29 is 13.9 Å². The SMILES string of the molecule is NC1CCN(c2c(F)cc3c(=O)c(C(=O)/N=C4/CCCCN4)cn4c3c2Oc2cc3ccccc3cc2-4)C1. The molecule has 4 aromatic rings. The number of carbonyl (C=O) groups is 1. The second-order valence-corrected chi connectivity index (χ2v) is 10.2. The van der Waals surface area contributed by atoms with Gasteiger partial charge in [-0.05, 0) is 48.2 Å². The average Bonchev–Trinajstić information content (AvgIpc) is 3.35. The molecule has 4 heterocycles. The first-order valence-corrected chi connectivity index (χ1v) is 13.0. The highest BCUT2D eigenvalue weighted by molar-refractivity contribution is 6.06. The standard InChI is InChI=1S/C29H26FN5O3/c30-21-13-19-25-28(26(21)34-10-8-18(31)14-34)38-23-12-17-6-2-1-5-16(17)11-22(23)35(25)15-20(27(19)36)29(37)33-24-7-3-4-9-32-24/h1-2,5-6,11-13,15,18H,3-4,7-10,14,31H2,(H,32,33,37). The quantitative estimate of drug-likeness (QED) is 0.368. The molecule has 7 rings (SSSR count). The van der Waals surface area contributed by atoms with Crippen molar-refractivity contribution in [3.8, 4) is 17.2 Å². The fraction of sp³-hybridized carbons (Fsp3) is 0.276. The number of nitrogens with zero attached hydrogens (tertiary/aromatic N) is 3. The fourth-order valence-corrected chi connectivity index (χ4v) is 5.74. The van der Waals surface area contributed by atoms with Gasteiger partial charge in [-0.15, -0.1) is 0 Å². The van der Waals surface area contributed by atoms with Crippen LogP contribution >= 0.6 is 0 Å². The molecule has 3 N–H and O–H groups in total. The summed E-state index contributed by atoms with van der Waals surface area (Å²) in [5.74, 6) is 0.111. The Labute approximate surface area is 217 Å². The smallest absolute Gasteiger partial charge is 0.284 e. The Hall–Kier alpha value is -4.24. The van der Waals surface area contributed by atoms with E-state index in [1.54, 1.807) is 4.57 Å². The third-order valence-electron chi connectivity index (χ3n) is 7.65. The van der Waals surface area contributed by atoms with Crippen molar-refractivity contribution in [1.82, 2.24) is 9.88 Å². The minimum atomic E-state index is -0.643. The average molecular weight is 512 g/mol. The number of rotatable bonds is 2. The van der Waals surface area contributed by atoms with Crippen LogP contribution in [0, 0.1) is 5.82 Å². The van der Waals surface area contributed by atoms with Crippen LogP contribution in [0.2, 0.25) is 0 Å². The van der Waals surface area contributed by atoms with Crippen molar-refractivity contribution in [1.29, 1.82) is 0 Å². The van der Waals surface area contributed by atoms with E-state index in [4.69, 9.17) is 10.5 Å². The van der Waals surface area contributed by atoms with Crippen molar-refractivity contribution >= 4 is 39.1 Å². The number of benzene rings is 3. The zero-order valence-corrected chi connectivity index (χ0v) is 20.7. The highest BCUT2D eigenvalue weighted by Gasteiger charge is 2.33. The molecule has 9 heteroatoms. The first-order chi connectivity index (χ1) is 18.5. The lowest BCUT2D eigenvalue weighted by molar-refractivity contribution is 0.100. The minimum absolute atomic E-state index is 0.0752. The molecular weight excluding hydrogens is 485 g/mol. The van der Waals surface area contributed by atoms with E-state index in [1.807, 2.05) is 41.3 Å². The van der Waals surface area contributed by atoms with Gasteiger partial charge in [0.25, 0.3) is 5.91 Å². The lowest BCUT2D eigenvalue weighted by Gasteiger charge is -2.29. The van der Waals surface area contributed by atoms with Gasteiger partial charge >= 0.3 is 0 Å². The van der Waals surface area contributed by atoms with Crippen LogP contribution in [0.25, 0.3) is 27.4 Å². The van der Waals surface area contributed by atoms with E-state index in [-0.39, 0.29) is 28.4 Å². The zero-order valence-electron chi connectivity index (χ0n) is 20.7. The van der Waals surface area contributed by atoms with Gasteiger partial charge in [0.2, 0.25) is 5.43 Å². The number of aliphatic imine (C=N–C) groups is 1. The van der Waals surface area contributed by atoms with Gasteiger partial charge in [0.15, 0.2) is 17.3 Å². The maximum absolute atomic E-state index is 15.8. The maximum Gasteiger partial charge on any atom is 0.284 e. The summed E-state index contributed by atoms with van der Waals surface area (Å²) in [4.78, 5) is 33.0. The van der Waals surface area contributed by atoms with E-state index < -0.39 is 17.2 Å². The fourth-order valence-electron chi connectivity index (χ4n) is 5.74. The summed E-state index contributed by atoms with van der Waals surface area (Å²) in [6, 6.07) is 12.8. The van der Waals surface area contributed by atoms with Gasteiger partial charge < -0.3 is 25.3 Å². The summed E-state index contributed by atoms with van der Waals surface area (Å²) in [6.45, 7) is 1.80. The monoisotopic (exact) mass is 511 g/mol. The largest absolute Gasteiger partial charge is 0.451 e. The molecule has 0 spiro atoms. The Morgan fingerprint density at radius 1 is 1.16 bits per heavy atom. The number of ether oxygens (including phenoxy) is 1. The van der Waals surface area contributed by atoms with Crippen LogP contribution < -0.4 is 26.1 Å². The molecule has 1 aromatic heterocycles. The summed E-state index contributed by atoms with van der Waals surface area (Å²) in [5.41, 5.74) is 6.82. The van der Waals surface area contributed by atoms with Crippen LogP contribution in [0.1, 0.15) is 36.0 Å². The number of fused-ring (bicyclic) bond motifs is 3. The molecular formula is C29H26FN5O3. The van der Waals surface area contributed by atoms with Crippen molar-refractivity contribution in [2.75, 3.05) is 24.5 Å². The number of nitrogens with two attached hydrogens (primary N) is 1. The first kappa shape index (κ1) is 22.9. The molecule has 0 aliphatic carbocycles. The lowest BCUT2D eigenvalue weighted by Crippen LogP contribution is -2.30. The number of hydrogen-bond acceptors (Lipinski definition) is 5. The van der Waals surface area contributed by atoms with Gasteiger partial charge in [0, 0.05) is 38.3 Å². The molecule has 1 unspecified atom stereocenters. The summed E-state index contributed by atoms with van der Waals surface area (Å²) in [7, 11) is 0. The van der Waals surface area contributed by atoms with E-state index in [0.29, 0.717) is 42.3 Å². The molecule has 0 saturated carbocycles. The molecule has 0 radical (unpaired) electrons. The predicted octanol–water partition coefficient (Wildman–Crippen LogP) is 4.24. The Morgan fingerprint density at radius 2 is 1.97 bits per heavy atom. The van der Waals surface area contributed by atoms with Crippen LogP contribution in [0.15, 0.2) is 58.4 Å². The number of halogens is 1. The van der Waals surface area contributed by atoms with E-state index in [1.165, 1.54) is 12.3 Å². The summed E-state index contributed by atoms with van der Waals surface area (Å²) >= 11 is 0. The molecule has 3 aliphatic rings. The number of nitrogens with one attached hydrogen (secondary N) is 1. The van der Waals surface area contributed by atoms with Gasteiger partial charge in [-0.3, -0.25) is 9.59 Å². The number of hydrogen-bond donors (Lipinski definition) is 2. The highest BCUT2D eigenvalue weighted by atomic mass is 19.1. The third-order valence-corrected chi connectivity index (χ3v) is 7.65. The highest BCUT2D eigenvalue weighted by Crippen LogP contribution is 2.48. The van der Waals surface area contributed by atoms with Crippen LogP contribution in [0.3, 0.4) is 0 Å². The van der Waals surface area contributed by atoms with Gasteiger partial charge in [-0.25, -0.2) is 4.39 Å². The normalized spacial score (nSPS) is 19.5. The van der Waals surface area contributed by atoms with Gasteiger partial charge in [-0.1, -0.05) is 24.3 Å². The number of amidine groups is 1. The molecule has 2 saturated heterocycles. The molecule has 1 amide bonds. The molecule has 192 valence electrons. The van der Waals surface area contributed by atoms with Crippen LogP contribution in [-0.4, -0.2) is 42.0 Å². The van der Waals surface area contributed by atoms with Crippen LogP contribution in [-0.2, 0) is 0 Å². The van der Waals surface area contributed by atoms with Crippen molar-refractivity contribution in [2.24, 2.45) is 10.7 Å². The minimum Gasteiger partial charge on any atom is -0.451 e. The van der Waals surface area contributed by atoms with Gasteiger partial charge in [-0.2, -0.15) is 4.99 Å². The topological polar surface area (TPSA) is 102 Å². The third kappa shape index (κ3) is 3.57. The van der Waals surface area contributed by atoms with E-state index >= 15 is 4.39 Å². The molecule has 0 bridgehead atoms. The Balaban J connectivity index is 1.51. The van der Waals surface area contributed by atoms with E-state index in [2.05, 4.69) is 10.3 Å². The molecule has 3 aromatic carbocycles. The Kier molecular flexibility index (Phi) is 5.23. The number of anilines is 1. The number of amides is 1. The summed E-state index contributed by atoms with van der Waals surface area (Å²) in [6.07, 6.45) is 4.84. The summed E-state index contributed by atoms with van der Waals surface area (Å²) < 4.78 is 23.9. The first-order valence-electron chi connectivity index (χ1n) is 13.0. The number of pyridine rings is 1. The molecule has 8 nitrogen and oxygen atoms in total. The van der Waals surface area contributed by atoms with Crippen molar-refractivity contribution in [3.63, 3.8) is 0 Å². The summed E-state index contributed by atoms with van der Waals surface area (Å²) in [5, 5.41) is 5.14. The van der Waals surface area contributed by atoms with Gasteiger partial charge in [0.05, 0.1) is 11.1 Å². The second kappa shape index (κ2) is 8.66. The molecule has 38 heavy (non-hydrogen) atoms. The van der Waals surface area contributed by atoms with E-state index in [0.717, 1.165) is 36.6 Å². The zero-order chi connectivity index (χ0) is 26.0. The van der Waals surface area contributed by atoms with E-state index in [9.17, 15) is 9.59 Å². The lowest BCUT2D eigenvalue weighted by atomic mass is 10.0.